The number of hydrogen-bond donors (Lipinski definition) is 1. The van der Waals surface area contributed by atoms with E-state index in [0.29, 0.717) is 0 Å². The van der Waals surface area contributed by atoms with Crippen LogP contribution < -0.4 is 5.32 Å². The summed E-state index contributed by atoms with van der Waals surface area (Å²) in [5.74, 6) is 0.978. The predicted molar refractivity (Wildman–Crippen MR) is 79.3 cm³/mol. The van der Waals surface area contributed by atoms with Crippen molar-refractivity contribution in [2.45, 2.75) is 40.9 Å². The lowest BCUT2D eigenvalue weighted by Crippen LogP contribution is -2.40. The normalized spacial score (nSPS) is 14.1. The van der Waals surface area contributed by atoms with Crippen LogP contribution in [0.2, 0.25) is 0 Å². The van der Waals surface area contributed by atoms with Crippen LogP contribution in [0.25, 0.3) is 0 Å². The standard InChI is InChI=1S/C11H18N4S3/c1-4-13-11(2,8-12)6-5-7-17-10-15-14-9(16-3)18-10/h13H,4-7H2,1-3H3. The minimum Gasteiger partial charge on any atom is -0.300 e. The van der Waals surface area contributed by atoms with Crippen molar-refractivity contribution in [1.82, 2.24) is 15.5 Å². The van der Waals surface area contributed by atoms with Gasteiger partial charge in [-0.25, -0.2) is 0 Å². The number of aromatic nitrogens is 2. The summed E-state index contributed by atoms with van der Waals surface area (Å²) >= 11 is 4.97. The van der Waals surface area contributed by atoms with Crippen LogP contribution in [-0.4, -0.2) is 34.3 Å². The molecule has 0 amide bonds. The van der Waals surface area contributed by atoms with Crippen molar-refractivity contribution in [2.24, 2.45) is 0 Å². The lowest BCUT2D eigenvalue weighted by Gasteiger charge is -2.21. The Morgan fingerprint density at radius 3 is 2.72 bits per heavy atom. The van der Waals surface area contributed by atoms with Crippen LogP contribution in [0.1, 0.15) is 26.7 Å². The molecule has 0 aromatic carbocycles. The highest BCUT2D eigenvalue weighted by atomic mass is 32.2. The lowest BCUT2D eigenvalue weighted by molar-refractivity contribution is 0.426. The molecule has 1 aromatic rings. The van der Waals surface area contributed by atoms with Crippen LogP contribution in [0.4, 0.5) is 0 Å². The minimum absolute atomic E-state index is 0.402. The van der Waals surface area contributed by atoms with E-state index in [1.165, 1.54) is 0 Å². The van der Waals surface area contributed by atoms with Crippen molar-refractivity contribution < 1.29 is 0 Å². The van der Waals surface area contributed by atoms with Gasteiger partial charge in [0.05, 0.1) is 6.07 Å². The van der Waals surface area contributed by atoms with Gasteiger partial charge in [-0.2, -0.15) is 5.26 Å². The van der Waals surface area contributed by atoms with Gasteiger partial charge in [0, 0.05) is 5.75 Å². The van der Waals surface area contributed by atoms with Crippen LogP contribution in [0.5, 0.6) is 0 Å². The fourth-order valence-corrected chi connectivity index (χ4v) is 3.95. The molecule has 1 aromatic heterocycles. The van der Waals surface area contributed by atoms with E-state index in [4.69, 9.17) is 5.26 Å². The number of nitrogens with zero attached hydrogens (tertiary/aromatic N) is 3. The van der Waals surface area contributed by atoms with Gasteiger partial charge in [0.25, 0.3) is 0 Å². The summed E-state index contributed by atoms with van der Waals surface area (Å²) in [6.45, 7) is 4.80. The Balaban J connectivity index is 2.28. The molecule has 1 N–H and O–H groups in total. The molecule has 1 atom stereocenters. The van der Waals surface area contributed by atoms with Crippen molar-refractivity contribution in [3.05, 3.63) is 0 Å². The first-order chi connectivity index (χ1) is 8.63. The average Bonchev–Trinajstić information content (AvgIpc) is 2.83. The van der Waals surface area contributed by atoms with Gasteiger partial charge >= 0.3 is 0 Å². The molecular formula is C11H18N4S3. The minimum atomic E-state index is -0.402. The molecular weight excluding hydrogens is 284 g/mol. The molecule has 1 heterocycles. The first-order valence-corrected chi connectivity index (χ1v) is 8.83. The average molecular weight is 302 g/mol. The molecule has 0 bridgehead atoms. The third-order valence-corrected chi connectivity index (χ3v) is 5.54. The van der Waals surface area contributed by atoms with E-state index in [-0.39, 0.29) is 0 Å². The predicted octanol–water partition coefficient (Wildman–Crippen LogP) is 3.02. The summed E-state index contributed by atoms with van der Waals surface area (Å²) < 4.78 is 2.02. The summed E-state index contributed by atoms with van der Waals surface area (Å²) in [6.07, 6.45) is 3.86. The second-order valence-corrected chi connectivity index (χ2v) is 7.34. The lowest BCUT2D eigenvalue weighted by atomic mass is 9.98. The molecule has 7 heteroatoms. The van der Waals surface area contributed by atoms with Crippen LogP contribution in [0.3, 0.4) is 0 Å². The second kappa shape index (κ2) is 8.00. The molecule has 0 aliphatic rings. The molecule has 0 saturated heterocycles. The smallest absolute Gasteiger partial charge is 0.175 e. The zero-order valence-electron chi connectivity index (χ0n) is 10.9. The molecule has 0 fully saturated rings. The highest BCUT2D eigenvalue weighted by molar-refractivity contribution is 8.02. The third-order valence-electron chi connectivity index (χ3n) is 2.42. The quantitative estimate of drug-likeness (QED) is 0.588. The maximum atomic E-state index is 9.13. The van der Waals surface area contributed by atoms with Crippen molar-refractivity contribution in [2.75, 3.05) is 18.6 Å². The summed E-state index contributed by atoms with van der Waals surface area (Å²) in [7, 11) is 0. The largest absolute Gasteiger partial charge is 0.300 e. The Morgan fingerprint density at radius 2 is 2.17 bits per heavy atom. The Kier molecular flexibility index (Phi) is 7.00. The molecule has 0 spiro atoms. The van der Waals surface area contributed by atoms with Crippen molar-refractivity contribution in [1.29, 1.82) is 5.26 Å². The number of thioether (sulfide) groups is 2. The van der Waals surface area contributed by atoms with E-state index >= 15 is 0 Å². The third kappa shape index (κ3) is 5.14. The Bertz CT molecular complexity index is 401. The van der Waals surface area contributed by atoms with Gasteiger partial charge in [-0.15, -0.1) is 10.2 Å². The van der Waals surface area contributed by atoms with E-state index in [0.717, 1.165) is 33.8 Å². The van der Waals surface area contributed by atoms with E-state index in [1.54, 1.807) is 34.9 Å². The number of hydrogen-bond acceptors (Lipinski definition) is 7. The molecule has 100 valence electrons. The molecule has 0 radical (unpaired) electrons. The van der Waals surface area contributed by atoms with Crippen molar-refractivity contribution >= 4 is 34.9 Å². The van der Waals surface area contributed by atoms with Crippen molar-refractivity contribution in [3.8, 4) is 6.07 Å². The Morgan fingerprint density at radius 1 is 1.44 bits per heavy atom. The van der Waals surface area contributed by atoms with Gasteiger partial charge in [0.1, 0.15) is 5.54 Å². The maximum Gasteiger partial charge on any atom is 0.175 e. The number of rotatable bonds is 8. The molecule has 0 aliphatic heterocycles. The fraction of sp³-hybridized carbons (Fsp3) is 0.727. The Hall–Kier alpha value is -0.290. The van der Waals surface area contributed by atoms with Gasteiger partial charge in [-0.05, 0) is 32.6 Å². The van der Waals surface area contributed by atoms with E-state index in [2.05, 4.69) is 21.6 Å². The van der Waals surface area contributed by atoms with Crippen LogP contribution in [-0.2, 0) is 0 Å². The van der Waals surface area contributed by atoms with E-state index in [1.807, 2.05) is 20.1 Å². The maximum absolute atomic E-state index is 9.13. The van der Waals surface area contributed by atoms with Crippen LogP contribution in [0.15, 0.2) is 8.68 Å². The first kappa shape index (κ1) is 15.8. The van der Waals surface area contributed by atoms with Crippen LogP contribution in [0, 0.1) is 11.3 Å². The highest BCUT2D eigenvalue weighted by Gasteiger charge is 2.21. The molecule has 0 aliphatic carbocycles. The monoisotopic (exact) mass is 302 g/mol. The Labute approximate surface area is 121 Å². The topological polar surface area (TPSA) is 61.6 Å². The highest BCUT2D eigenvalue weighted by Crippen LogP contribution is 2.28. The summed E-state index contributed by atoms with van der Waals surface area (Å²) in [6, 6.07) is 2.34. The van der Waals surface area contributed by atoms with E-state index in [9.17, 15) is 0 Å². The summed E-state index contributed by atoms with van der Waals surface area (Å²) in [4.78, 5) is 0. The molecule has 1 unspecified atom stereocenters. The molecule has 1 rings (SSSR count). The van der Waals surface area contributed by atoms with Crippen molar-refractivity contribution in [3.63, 3.8) is 0 Å². The zero-order chi connectivity index (χ0) is 13.4. The van der Waals surface area contributed by atoms with Gasteiger partial charge in [0.15, 0.2) is 8.68 Å². The fourth-order valence-electron chi connectivity index (χ4n) is 1.50. The zero-order valence-corrected chi connectivity index (χ0v) is 13.3. The van der Waals surface area contributed by atoms with Gasteiger partial charge in [0.2, 0.25) is 0 Å². The van der Waals surface area contributed by atoms with Gasteiger partial charge in [-0.3, -0.25) is 5.32 Å². The molecule has 0 saturated carbocycles. The molecule has 4 nitrogen and oxygen atoms in total. The van der Waals surface area contributed by atoms with Gasteiger partial charge < -0.3 is 0 Å². The SMILES string of the molecule is CCNC(C)(C#N)CCCSc1nnc(SC)s1. The van der Waals surface area contributed by atoms with E-state index < -0.39 is 5.54 Å². The number of nitriles is 1. The molecule has 18 heavy (non-hydrogen) atoms. The number of nitrogens with one attached hydrogen (secondary N) is 1. The summed E-state index contributed by atoms with van der Waals surface area (Å²) in [5.41, 5.74) is -0.402. The van der Waals surface area contributed by atoms with Gasteiger partial charge in [-0.1, -0.05) is 41.8 Å². The second-order valence-electron chi connectivity index (χ2n) is 3.96. The summed E-state index contributed by atoms with van der Waals surface area (Å²) in [5, 5.41) is 20.5. The van der Waals surface area contributed by atoms with Crippen LogP contribution >= 0.6 is 34.9 Å². The first-order valence-electron chi connectivity index (χ1n) is 5.80.